The van der Waals surface area contributed by atoms with Crippen molar-refractivity contribution in [2.45, 2.75) is 53.4 Å². The maximum Gasteiger partial charge on any atom is 0.355 e. The van der Waals surface area contributed by atoms with E-state index >= 15 is 0 Å². The number of nitrogens with one attached hydrogen (secondary N) is 2. The molecule has 0 saturated carbocycles. The van der Waals surface area contributed by atoms with E-state index in [4.69, 9.17) is 9.47 Å². The van der Waals surface area contributed by atoms with E-state index < -0.39 is 23.9 Å². The molecule has 0 unspecified atom stereocenters. The molecule has 32 heavy (non-hydrogen) atoms. The Kier molecular flexibility index (Phi) is 8.22. The molecule has 0 amide bonds. The number of H-pyrrole nitrogens is 2. The molecule has 0 aliphatic rings. The highest BCUT2D eigenvalue weighted by atomic mass is 16.5. The lowest BCUT2D eigenvalue weighted by atomic mass is 9.99. The Bertz CT molecular complexity index is 949. The number of aromatic carboxylic acids is 2. The molecule has 2 rings (SSSR count). The van der Waals surface area contributed by atoms with Gasteiger partial charge in [0.1, 0.15) is 11.4 Å². The minimum atomic E-state index is -1.34. The number of carbonyl (C=O) groups excluding carboxylic acids is 2. The monoisotopic (exact) mass is 448 g/mol. The number of carboxylic acids is 2. The summed E-state index contributed by atoms with van der Waals surface area (Å²) in [5.74, 6) is -4.16. The SMILES string of the molecule is CCCc1c(C(=O)OCC)[nH]c(-c2[nH]c(C(=O)OCC)c(CCC)c2C(=O)O)c1C(=O)O. The predicted molar refractivity (Wildman–Crippen MR) is 114 cm³/mol. The van der Waals surface area contributed by atoms with Crippen LogP contribution in [-0.2, 0) is 22.3 Å². The maximum absolute atomic E-state index is 12.5. The molecule has 10 heteroatoms. The Hall–Kier alpha value is -3.56. The smallest absolute Gasteiger partial charge is 0.355 e. The number of esters is 2. The van der Waals surface area contributed by atoms with E-state index in [1.54, 1.807) is 13.8 Å². The fraction of sp³-hybridized carbons (Fsp3) is 0.455. The summed E-state index contributed by atoms with van der Waals surface area (Å²) >= 11 is 0. The van der Waals surface area contributed by atoms with Gasteiger partial charge >= 0.3 is 23.9 Å². The minimum Gasteiger partial charge on any atom is -0.478 e. The zero-order valence-electron chi connectivity index (χ0n) is 18.6. The van der Waals surface area contributed by atoms with Crippen LogP contribution in [0, 0.1) is 0 Å². The Labute approximate surface area is 184 Å². The van der Waals surface area contributed by atoms with Gasteiger partial charge in [-0.15, -0.1) is 0 Å². The van der Waals surface area contributed by atoms with Gasteiger partial charge in [-0.2, -0.15) is 0 Å². The highest BCUT2D eigenvalue weighted by Gasteiger charge is 2.33. The van der Waals surface area contributed by atoms with Crippen LogP contribution < -0.4 is 0 Å². The van der Waals surface area contributed by atoms with Crippen molar-refractivity contribution in [3.63, 3.8) is 0 Å². The van der Waals surface area contributed by atoms with Crippen LogP contribution in [0.3, 0.4) is 0 Å². The second-order valence-electron chi connectivity index (χ2n) is 7.01. The van der Waals surface area contributed by atoms with E-state index in [0.717, 1.165) is 0 Å². The average molecular weight is 448 g/mol. The molecule has 0 aliphatic heterocycles. The first kappa shape index (κ1) is 24.7. The second kappa shape index (κ2) is 10.7. The molecule has 174 valence electrons. The first-order chi connectivity index (χ1) is 15.2. The number of carbonyl (C=O) groups is 4. The number of carboxylic acid groups (broad SMARTS) is 2. The number of rotatable bonds is 11. The number of hydrogen-bond donors (Lipinski definition) is 4. The third-order valence-corrected chi connectivity index (χ3v) is 4.84. The van der Waals surface area contributed by atoms with Crippen LogP contribution >= 0.6 is 0 Å². The van der Waals surface area contributed by atoms with Gasteiger partial charge in [0.05, 0.1) is 35.7 Å². The van der Waals surface area contributed by atoms with Gasteiger partial charge in [0, 0.05) is 0 Å². The molecule has 2 aromatic heterocycles. The van der Waals surface area contributed by atoms with Crippen molar-refractivity contribution >= 4 is 23.9 Å². The third-order valence-electron chi connectivity index (χ3n) is 4.84. The maximum atomic E-state index is 12.5. The number of aromatic amines is 2. The first-order valence-corrected chi connectivity index (χ1v) is 10.5. The van der Waals surface area contributed by atoms with Gasteiger partial charge in [-0.05, 0) is 37.8 Å². The Morgan fingerprint density at radius 1 is 0.688 bits per heavy atom. The van der Waals surface area contributed by atoms with Crippen molar-refractivity contribution in [3.8, 4) is 11.4 Å². The molecule has 10 nitrogen and oxygen atoms in total. The van der Waals surface area contributed by atoms with Gasteiger partial charge < -0.3 is 29.7 Å². The summed E-state index contributed by atoms with van der Waals surface area (Å²) in [6.45, 7) is 7.05. The van der Waals surface area contributed by atoms with Gasteiger partial charge in [-0.25, -0.2) is 19.2 Å². The number of ether oxygens (including phenoxy) is 2. The highest BCUT2D eigenvalue weighted by molar-refractivity contribution is 6.07. The van der Waals surface area contributed by atoms with Crippen molar-refractivity contribution in [2.24, 2.45) is 0 Å². The quantitative estimate of drug-likeness (QED) is 0.379. The average Bonchev–Trinajstić information content (AvgIpc) is 3.28. The first-order valence-electron chi connectivity index (χ1n) is 10.5. The van der Waals surface area contributed by atoms with E-state index in [1.165, 1.54) is 0 Å². The summed E-state index contributed by atoms with van der Waals surface area (Å²) in [4.78, 5) is 54.9. The molecule has 2 heterocycles. The standard InChI is InChI=1S/C22H28N2O8/c1-5-9-11-13(19(25)26)17(23-15(11)21(29)31-7-3)18-14(20(27)28)12(10-6-2)16(24-18)22(30)32-8-4/h23-24H,5-10H2,1-4H3,(H,25,26)(H,27,28). The lowest BCUT2D eigenvalue weighted by molar-refractivity contribution is 0.0509. The fourth-order valence-electron chi connectivity index (χ4n) is 3.68. The molecule has 0 fully saturated rings. The van der Waals surface area contributed by atoms with E-state index in [9.17, 15) is 29.4 Å². The molecular formula is C22H28N2O8. The van der Waals surface area contributed by atoms with Gasteiger partial charge in [0.25, 0.3) is 0 Å². The zero-order chi connectivity index (χ0) is 24.0. The Morgan fingerprint density at radius 3 is 1.28 bits per heavy atom. The fourth-order valence-corrected chi connectivity index (χ4v) is 3.68. The van der Waals surface area contributed by atoms with Crippen molar-refractivity contribution in [1.29, 1.82) is 0 Å². The van der Waals surface area contributed by atoms with Crippen LogP contribution in [-0.4, -0.2) is 57.3 Å². The molecule has 2 aromatic rings. The largest absolute Gasteiger partial charge is 0.478 e. The van der Waals surface area contributed by atoms with Crippen LogP contribution in [0.25, 0.3) is 11.4 Å². The van der Waals surface area contributed by atoms with Gasteiger partial charge in [0.15, 0.2) is 0 Å². The second-order valence-corrected chi connectivity index (χ2v) is 7.01. The Balaban J connectivity index is 2.91. The van der Waals surface area contributed by atoms with E-state index in [2.05, 4.69) is 9.97 Å². The van der Waals surface area contributed by atoms with Crippen molar-refractivity contribution in [1.82, 2.24) is 9.97 Å². The van der Waals surface area contributed by atoms with Crippen LogP contribution in [0.1, 0.15) is 93.4 Å². The minimum absolute atomic E-state index is 0.0539. The summed E-state index contributed by atoms with van der Waals surface area (Å²) < 4.78 is 10.1. The molecule has 0 atom stereocenters. The summed E-state index contributed by atoms with van der Waals surface area (Å²) in [5.41, 5.74) is -0.357. The lowest BCUT2D eigenvalue weighted by Gasteiger charge is -2.05. The van der Waals surface area contributed by atoms with Gasteiger partial charge in [0.2, 0.25) is 0 Å². The summed E-state index contributed by atoms with van der Waals surface area (Å²) in [5, 5.41) is 19.9. The van der Waals surface area contributed by atoms with Crippen LogP contribution in [0.2, 0.25) is 0 Å². The van der Waals surface area contributed by atoms with Crippen LogP contribution in [0.15, 0.2) is 0 Å². The van der Waals surface area contributed by atoms with E-state index in [-0.39, 0.29) is 71.1 Å². The molecule has 0 saturated heterocycles. The molecule has 0 spiro atoms. The van der Waals surface area contributed by atoms with E-state index in [0.29, 0.717) is 12.8 Å². The molecule has 0 aromatic carbocycles. The topological polar surface area (TPSA) is 159 Å². The predicted octanol–water partition coefficient (Wildman–Crippen LogP) is 3.66. The number of hydrogen-bond acceptors (Lipinski definition) is 6. The van der Waals surface area contributed by atoms with Crippen LogP contribution in [0.4, 0.5) is 0 Å². The molecule has 0 bridgehead atoms. The van der Waals surface area contributed by atoms with E-state index in [1.807, 2.05) is 13.8 Å². The van der Waals surface area contributed by atoms with Gasteiger partial charge in [-0.3, -0.25) is 0 Å². The van der Waals surface area contributed by atoms with Crippen molar-refractivity contribution in [3.05, 3.63) is 33.6 Å². The van der Waals surface area contributed by atoms with Crippen LogP contribution in [0.5, 0.6) is 0 Å². The molecule has 0 aliphatic carbocycles. The van der Waals surface area contributed by atoms with Gasteiger partial charge in [-0.1, -0.05) is 26.7 Å². The third kappa shape index (κ3) is 4.68. The summed E-state index contributed by atoms with van der Waals surface area (Å²) in [7, 11) is 0. The summed E-state index contributed by atoms with van der Waals surface area (Å²) in [6, 6.07) is 0. The Morgan fingerprint density at radius 2 is 1.03 bits per heavy atom. The van der Waals surface area contributed by atoms with Crippen molar-refractivity contribution in [2.75, 3.05) is 13.2 Å². The normalized spacial score (nSPS) is 10.8. The number of aromatic nitrogens is 2. The molecule has 4 N–H and O–H groups in total. The molecular weight excluding hydrogens is 420 g/mol. The zero-order valence-corrected chi connectivity index (χ0v) is 18.6. The molecule has 0 radical (unpaired) electrons. The summed E-state index contributed by atoms with van der Waals surface area (Å²) in [6.07, 6.45) is 1.58. The van der Waals surface area contributed by atoms with Crippen molar-refractivity contribution < 1.29 is 38.9 Å². The highest BCUT2D eigenvalue weighted by Crippen LogP contribution is 2.35. The lowest BCUT2D eigenvalue weighted by Crippen LogP contribution is -2.09.